The third-order valence-electron chi connectivity index (χ3n) is 4.95. The van der Waals surface area contributed by atoms with Crippen molar-refractivity contribution >= 4 is 29.9 Å². The minimum absolute atomic E-state index is 0. The van der Waals surface area contributed by atoms with Gasteiger partial charge in [0.2, 0.25) is 0 Å². The van der Waals surface area contributed by atoms with Gasteiger partial charge in [-0.25, -0.2) is 4.99 Å². The number of ether oxygens (including phenoxy) is 2. The van der Waals surface area contributed by atoms with Crippen molar-refractivity contribution in [2.24, 2.45) is 4.99 Å². The van der Waals surface area contributed by atoms with E-state index in [9.17, 15) is 0 Å². The first-order chi connectivity index (χ1) is 14.1. The van der Waals surface area contributed by atoms with Gasteiger partial charge in [0.05, 0.1) is 13.2 Å². The summed E-state index contributed by atoms with van der Waals surface area (Å²) in [5, 5.41) is 6.74. The summed E-state index contributed by atoms with van der Waals surface area (Å²) in [4.78, 5) is 8.93. The second-order valence-corrected chi connectivity index (χ2v) is 7.31. The summed E-state index contributed by atoms with van der Waals surface area (Å²) in [5.41, 5.74) is 4.77. The molecule has 1 aromatic heterocycles. The summed E-state index contributed by atoms with van der Waals surface area (Å²) < 4.78 is 11.8. The lowest BCUT2D eigenvalue weighted by atomic mass is 10.1. The third kappa shape index (κ3) is 6.48. The van der Waals surface area contributed by atoms with Crippen molar-refractivity contribution in [3.05, 3.63) is 52.8 Å². The number of aryl methyl sites for hydroxylation is 1. The topological polar surface area (TPSA) is 67.8 Å². The molecule has 3 rings (SSSR count). The van der Waals surface area contributed by atoms with Crippen molar-refractivity contribution < 1.29 is 9.47 Å². The molecule has 2 N–H and O–H groups in total. The van der Waals surface area contributed by atoms with Gasteiger partial charge < -0.3 is 20.1 Å². The van der Waals surface area contributed by atoms with Crippen LogP contribution in [0.4, 0.5) is 0 Å². The molecule has 0 saturated heterocycles. The van der Waals surface area contributed by atoms with Crippen molar-refractivity contribution in [3.63, 3.8) is 0 Å². The van der Waals surface area contributed by atoms with Gasteiger partial charge in [0.15, 0.2) is 5.96 Å². The van der Waals surface area contributed by atoms with E-state index in [0.29, 0.717) is 13.2 Å². The zero-order valence-electron chi connectivity index (χ0n) is 18.3. The van der Waals surface area contributed by atoms with E-state index in [2.05, 4.69) is 54.6 Å². The smallest absolute Gasteiger partial charge is 0.191 e. The number of aromatic nitrogens is 1. The van der Waals surface area contributed by atoms with Gasteiger partial charge in [-0.15, -0.1) is 24.0 Å². The molecule has 2 heterocycles. The summed E-state index contributed by atoms with van der Waals surface area (Å²) in [6.07, 6.45) is 5.81. The Kier molecular flexibility index (Phi) is 9.68. The molecule has 0 bridgehead atoms. The normalized spacial score (nSPS) is 15.1. The Morgan fingerprint density at radius 1 is 1.27 bits per heavy atom. The van der Waals surface area contributed by atoms with Gasteiger partial charge in [0.25, 0.3) is 0 Å². The van der Waals surface area contributed by atoms with E-state index in [1.54, 1.807) is 0 Å². The standard InChI is InChI=1S/C23H32N4O2.HI/c1-5-25-23(26-10-8-18-7-9-24-14-16(18)3)27-15-20-13-22-19(11-17(4)29-22)12-21(20)28-6-2;/h7,9,12-14,17H,5-6,8,10-11,15H2,1-4H3,(H2,25,26,27);1H. The largest absolute Gasteiger partial charge is 0.494 e. The fourth-order valence-corrected chi connectivity index (χ4v) is 3.50. The Labute approximate surface area is 196 Å². The second-order valence-electron chi connectivity index (χ2n) is 7.31. The van der Waals surface area contributed by atoms with Crippen molar-refractivity contribution in [1.29, 1.82) is 0 Å². The number of rotatable bonds is 8. The molecule has 164 valence electrons. The van der Waals surface area contributed by atoms with Crippen LogP contribution in [-0.4, -0.2) is 36.7 Å². The molecule has 0 radical (unpaired) electrons. The van der Waals surface area contributed by atoms with Crippen LogP contribution in [0, 0.1) is 6.92 Å². The van der Waals surface area contributed by atoms with Crippen LogP contribution in [0.1, 0.15) is 43.0 Å². The van der Waals surface area contributed by atoms with Gasteiger partial charge >= 0.3 is 0 Å². The lowest BCUT2D eigenvalue weighted by molar-refractivity contribution is 0.254. The van der Waals surface area contributed by atoms with Crippen LogP contribution in [0.5, 0.6) is 11.5 Å². The van der Waals surface area contributed by atoms with Gasteiger partial charge in [-0.1, -0.05) is 0 Å². The lowest BCUT2D eigenvalue weighted by Crippen LogP contribution is -2.38. The molecule has 1 atom stereocenters. The third-order valence-corrected chi connectivity index (χ3v) is 4.95. The summed E-state index contributed by atoms with van der Waals surface area (Å²) in [5.74, 6) is 2.66. The highest BCUT2D eigenvalue weighted by Crippen LogP contribution is 2.35. The predicted octanol–water partition coefficient (Wildman–Crippen LogP) is 4.03. The lowest BCUT2D eigenvalue weighted by Gasteiger charge is -2.14. The average Bonchev–Trinajstić information content (AvgIpc) is 3.06. The monoisotopic (exact) mass is 524 g/mol. The Morgan fingerprint density at radius 3 is 2.83 bits per heavy atom. The highest BCUT2D eigenvalue weighted by molar-refractivity contribution is 14.0. The molecule has 0 amide bonds. The molecule has 0 saturated carbocycles. The molecule has 1 aliphatic rings. The number of aliphatic imine (C=N–C) groups is 1. The SMILES string of the molecule is CCNC(=NCc1cc2c(cc1OCC)CC(C)O2)NCCc1ccncc1C.I. The number of hydrogen-bond acceptors (Lipinski definition) is 4. The summed E-state index contributed by atoms with van der Waals surface area (Å²) in [6.45, 7) is 11.0. The number of pyridine rings is 1. The van der Waals surface area contributed by atoms with Crippen LogP contribution in [0.25, 0.3) is 0 Å². The van der Waals surface area contributed by atoms with Crippen LogP contribution in [0.15, 0.2) is 35.6 Å². The quantitative estimate of drug-likeness (QED) is 0.310. The minimum Gasteiger partial charge on any atom is -0.494 e. The summed E-state index contributed by atoms with van der Waals surface area (Å²) in [6, 6.07) is 6.26. The highest BCUT2D eigenvalue weighted by Gasteiger charge is 2.21. The first-order valence-electron chi connectivity index (χ1n) is 10.5. The minimum atomic E-state index is 0. The molecule has 30 heavy (non-hydrogen) atoms. The number of hydrogen-bond donors (Lipinski definition) is 2. The van der Waals surface area contributed by atoms with E-state index >= 15 is 0 Å². The van der Waals surface area contributed by atoms with E-state index in [4.69, 9.17) is 14.5 Å². The van der Waals surface area contributed by atoms with Gasteiger partial charge in [-0.2, -0.15) is 0 Å². The number of benzene rings is 1. The van der Waals surface area contributed by atoms with Crippen molar-refractivity contribution in [2.45, 2.75) is 53.2 Å². The number of nitrogens with zero attached hydrogens (tertiary/aromatic N) is 2. The molecule has 0 fully saturated rings. The summed E-state index contributed by atoms with van der Waals surface area (Å²) >= 11 is 0. The number of nitrogens with one attached hydrogen (secondary N) is 2. The molecule has 2 aromatic rings. The number of guanidine groups is 1. The van der Waals surface area contributed by atoms with Crippen LogP contribution >= 0.6 is 24.0 Å². The zero-order valence-corrected chi connectivity index (χ0v) is 20.7. The fraction of sp³-hybridized carbons (Fsp3) is 0.478. The maximum absolute atomic E-state index is 5.92. The molecule has 0 aliphatic carbocycles. The zero-order chi connectivity index (χ0) is 20.6. The first kappa shape index (κ1) is 24.2. The Hall–Kier alpha value is -2.03. The van der Waals surface area contributed by atoms with E-state index in [1.165, 1.54) is 16.7 Å². The van der Waals surface area contributed by atoms with Gasteiger partial charge in [-0.3, -0.25) is 4.98 Å². The molecular formula is C23H33IN4O2. The van der Waals surface area contributed by atoms with E-state index in [0.717, 1.165) is 49.0 Å². The second kappa shape index (κ2) is 12.0. The van der Waals surface area contributed by atoms with Crippen LogP contribution in [-0.2, 0) is 19.4 Å². The van der Waals surface area contributed by atoms with Gasteiger partial charge in [0, 0.05) is 43.0 Å². The molecule has 1 unspecified atom stereocenters. The first-order valence-corrected chi connectivity index (χ1v) is 10.5. The average molecular weight is 524 g/mol. The van der Waals surface area contributed by atoms with Gasteiger partial charge in [0.1, 0.15) is 17.6 Å². The summed E-state index contributed by atoms with van der Waals surface area (Å²) in [7, 11) is 0. The Balaban J connectivity index is 0.00000320. The fourth-order valence-electron chi connectivity index (χ4n) is 3.50. The molecule has 7 heteroatoms. The molecule has 6 nitrogen and oxygen atoms in total. The van der Waals surface area contributed by atoms with Crippen molar-refractivity contribution in [2.75, 3.05) is 19.7 Å². The van der Waals surface area contributed by atoms with E-state index in [-0.39, 0.29) is 30.1 Å². The highest BCUT2D eigenvalue weighted by atomic mass is 127. The predicted molar refractivity (Wildman–Crippen MR) is 132 cm³/mol. The van der Waals surface area contributed by atoms with Crippen LogP contribution in [0.3, 0.4) is 0 Å². The molecular weight excluding hydrogens is 491 g/mol. The maximum Gasteiger partial charge on any atom is 0.191 e. The van der Waals surface area contributed by atoms with Gasteiger partial charge in [-0.05, 0) is 63.4 Å². The van der Waals surface area contributed by atoms with Crippen molar-refractivity contribution in [1.82, 2.24) is 15.6 Å². The Morgan fingerprint density at radius 2 is 2.10 bits per heavy atom. The number of fused-ring (bicyclic) bond motifs is 1. The molecule has 1 aliphatic heterocycles. The van der Waals surface area contributed by atoms with E-state index in [1.807, 2.05) is 19.3 Å². The molecule has 1 aromatic carbocycles. The van der Waals surface area contributed by atoms with Crippen LogP contribution < -0.4 is 20.1 Å². The maximum atomic E-state index is 5.92. The van der Waals surface area contributed by atoms with Crippen molar-refractivity contribution in [3.8, 4) is 11.5 Å². The van der Waals surface area contributed by atoms with E-state index < -0.39 is 0 Å². The van der Waals surface area contributed by atoms with Crippen LogP contribution in [0.2, 0.25) is 0 Å². The Bertz CT molecular complexity index is 857. The molecule has 0 spiro atoms. The number of halogens is 1.